The van der Waals surface area contributed by atoms with Crippen LogP contribution in [0.1, 0.15) is 32.6 Å². The summed E-state index contributed by atoms with van der Waals surface area (Å²) in [5, 5.41) is 6.28. The van der Waals surface area contributed by atoms with Crippen LogP contribution in [0.15, 0.2) is 24.3 Å². The zero-order valence-corrected chi connectivity index (χ0v) is 12.2. The Bertz CT molecular complexity index is 428. The first-order chi connectivity index (χ1) is 9.78. The van der Waals surface area contributed by atoms with Gasteiger partial charge in [0.2, 0.25) is 5.91 Å². The molecule has 1 aromatic rings. The van der Waals surface area contributed by atoms with Crippen molar-refractivity contribution in [2.24, 2.45) is 5.92 Å². The van der Waals surface area contributed by atoms with Crippen LogP contribution in [0.2, 0.25) is 0 Å². The molecule has 2 N–H and O–H groups in total. The number of ether oxygens (including phenoxy) is 1. The van der Waals surface area contributed by atoms with Gasteiger partial charge in [-0.05, 0) is 50.4 Å². The zero-order valence-electron chi connectivity index (χ0n) is 12.2. The van der Waals surface area contributed by atoms with Gasteiger partial charge in [-0.25, -0.2) is 0 Å². The fourth-order valence-corrected chi connectivity index (χ4v) is 2.44. The summed E-state index contributed by atoms with van der Waals surface area (Å²) in [4.78, 5) is 12.0. The first-order valence-electron chi connectivity index (χ1n) is 7.51. The van der Waals surface area contributed by atoms with Crippen molar-refractivity contribution in [2.75, 3.05) is 25.0 Å². The number of carbonyl (C=O) groups excluding carboxylic acids is 1. The quantitative estimate of drug-likeness (QED) is 0.840. The van der Waals surface area contributed by atoms with Crippen molar-refractivity contribution in [1.29, 1.82) is 0 Å². The minimum atomic E-state index is 0.101. The van der Waals surface area contributed by atoms with Crippen LogP contribution in [0.5, 0.6) is 5.75 Å². The summed E-state index contributed by atoms with van der Waals surface area (Å²) < 4.78 is 5.57. The highest BCUT2D eigenvalue weighted by Gasteiger charge is 2.16. The smallest absolute Gasteiger partial charge is 0.224 e. The summed E-state index contributed by atoms with van der Waals surface area (Å²) in [6.45, 7) is 4.83. The van der Waals surface area contributed by atoms with Crippen molar-refractivity contribution in [1.82, 2.24) is 5.32 Å². The Morgan fingerprint density at radius 2 is 2.20 bits per heavy atom. The predicted molar refractivity (Wildman–Crippen MR) is 81.1 cm³/mol. The lowest BCUT2D eigenvalue weighted by molar-refractivity contribution is -0.117. The molecule has 1 aliphatic heterocycles. The number of hydrogen-bond donors (Lipinski definition) is 2. The van der Waals surface area contributed by atoms with Gasteiger partial charge in [0.25, 0.3) is 0 Å². The second-order valence-electron chi connectivity index (χ2n) is 5.32. The third-order valence-electron chi connectivity index (χ3n) is 3.52. The number of benzene rings is 1. The summed E-state index contributed by atoms with van der Waals surface area (Å²) >= 11 is 0. The number of nitrogens with one attached hydrogen (secondary N) is 2. The summed E-state index contributed by atoms with van der Waals surface area (Å²) in [6.07, 6.45) is 3.77. The van der Waals surface area contributed by atoms with Gasteiger partial charge >= 0.3 is 0 Å². The molecule has 110 valence electrons. The molecule has 4 heteroatoms. The Balaban J connectivity index is 1.83. The number of amides is 1. The van der Waals surface area contributed by atoms with E-state index in [1.54, 1.807) is 0 Å². The Labute approximate surface area is 120 Å². The van der Waals surface area contributed by atoms with Gasteiger partial charge in [-0.3, -0.25) is 4.79 Å². The van der Waals surface area contributed by atoms with Crippen molar-refractivity contribution in [3.8, 4) is 5.75 Å². The molecule has 0 saturated carbocycles. The molecule has 1 amide bonds. The van der Waals surface area contributed by atoms with E-state index in [2.05, 4.69) is 17.6 Å². The molecule has 0 aliphatic carbocycles. The number of rotatable bonds is 6. The number of hydrogen-bond acceptors (Lipinski definition) is 3. The Morgan fingerprint density at radius 1 is 1.40 bits per heavy atom. The van der Waals surface area contributed by atoms with Crippen LogP contribution in [-0.2, 0) is 4.79 Å². The van der Waals surface area contributed by atoms with Crippen LogP contribution in [0.3, 0.4) is 0 Å². The monoisotopic (exact) mass is 276 g/mol. The molecular formula is C16H24N2O2. The van der Waals surface area contributed by atoms with Gasteiger partial charge < -0.3 is 15.4 Å². The van der Waals surface area contributed by atoms with Crippen LogP contribution in [0, 0.1) is 5.92 Å². The maximum absolute atomic E-state index is 12.0. The van der Waals surface area contributed by atoms with Gasteiger partial charge in [-0.1, -0.05) is 13.0 Å². The van der Waals surface area contributed by atoms with E-state index < -0.39 is 0 Å². The van der Waals surface area contributed by atoms with Crippen LogP contribution in [-0.4, -0.2) is 25.6 Å². The van der Waals surface area contributed by atoms with Crippen molar-refractivity contribution in [3.05, 3.63) is 24.3 Å². The highest BCUT2D eigenvalue weighted by atomic mass is 16.5. The molecule has 0 atom stereocenters. The Kier molecular flexibility index (Phi) is 5.87. The van der Waals surface area contributed by atoms with Crippen molar-refractivity contribution in [3.63, 3.8) is 0 Å². The number of piperidine rings is 1. The molecule has 1 fully saturated rings. The molecule has 1 aromatic carbocycles. The maximum Gasteiger partial charge on any atom is 0.224 e. The van der Waals surface area contributed by atoms with E-state index in [1.807, 2.05) is 24.3 Å². The minimum absolute atomic E-state index is 0.101. The fourth-order valence-electron chi connectivity index (χ4n) is 2.44. The first-order valence-corrected chi connectivity index (χ1v) is 7.51. The number of carbonyl (C=O) groups is 1. The predicted octanol–water partition coefficient (Wildman–Crippen LogP) is 2.80. The van der Waals surface area contributed by atoms with Crippen LogP contribution in [0.25, 0.3) is 0 Å². The third kappa shape index (κ3) is 4.85. The molecule has 1 aliphatic rings. The van der Waals surface area contributed by atoms with Gasteiger partial charge in [0, 0.05) is 18.2 Å². The molecule has 2 rings (SSSR count). The number of anilines is 1. The lowest BCUT2D eigenvalue weighted by Crippen LogP contribution is -2.30. The summed E-state index contributed by atoms with van der Waals surface area (Å²) in [7, 11) is 0. The van der Waals surface area contributed by atoms with Crippen molar-refractivity contribution >= 4 is 11.6 Å². The molecule has 20 heavy (non-hydrogen) atoms. The molecule has 0 spiro atoms. The molecule has 4 nitrogen and oxygen atoms in total. The second-order valence-corrected chi connectivity index (χ2v) is 5.32. The largest absolute Gasteiger partial charge is 0.494 e. The Morgan fingerprint density at radius 3 is 2.95 bits per heavy atom. The molecule has 1 heterocycles. The van der Waals surface area contributed by atoms with Gasteiger partial charge in [-0.15, -0.1) is 0 Å². The van der Waals surface area contributed by atoms with Crippen LogP contribution >= 0.6 is 0 Å². The summed E-state index contributed by atoms with van der Waals surface area (Å²) in [5.74, 6) is 1.42. The maximum atomic E-state index is 12.0. The van der Waals surface area contributed by atoms with Crippen molar-refractivity contribution < 1.29 is 9.53 Å². The van der Waals surface area contributed by atoms with E-state index in [9.17, 15) is 4.79 Å². The van der Waals surface area contributed by atoms with Crippen molar-refractivity contribution in [2.45, 2.75) is 32.6 Å². The molecule has 1 saturated heterocycles. The van der Waals surface area contributed by atoms with Gasteiger partial charge in [0.1, 0.15) is 5.75 Å². The zero-order chi connectivity index (χ0) is 14.2. The molecular weight excluding hydrogens is 252 g/mol. The highest BCUT2D eigenvalue weighted by Crippen LogP contribution is 2.20. The fraction of sp³-hybridized carbons (Fsp3) is 0.562. The third-order valence-corrected chi connectivity index (χ3v) is 3.52. The van der Waals surface area contributed by atoms with E-state index in [-0.39, 0.29) is 5.91 Å². The average molecular weight is 276 g/mol. The average Bonchev–Trinajstić information content (AvgIpc) is 2.46. The van der Waals surface area contributed by atoms with E-state index in [4.69, 9.17) is 4.74 Å². The minimum Gasteiger partial charge on any atom is -0.494 e. The standard InChI is InChI=1S/C16H24N2O2/c1-2-10-20-15-5-3-4-14(12-15)18-16(19)11-13-6-8-17-9-7-13/h3-5,12-13,17H,2,6-11H2,1H3,(H,18,19). The normalized spacial score (nSPS) is 15.8. The molecule has 0 unspecified atom stereocenters. The molecule has 0 bridgehead atoms. The molecule has 0 radical (unpaired) electrons. The highest BCUT2D eigenvalue weighted by molar-refractivity contribution is 5.91. The van der Waals surface area contributed by atoms with Crippen LogP contribution < -0.4 is 15.4 Å². The summed E-state index contributed by atoms with van der Waals surface area (Å²) in [5.41, 5.74) is 0.817. The SMILES string of the molecule is CCCOc1cccc(NC(=O)CC2CCNCC2)c1. The van der Waals surface area contributed by atoms with Gasteiger partial charge in [0.15, 0.2) is 0 Å². The summed E-state index contributed by atoms with van der Waals surface area (Å²) in [6, 6.07) is 7.61. The second kappa shape index (κ2) is 7.90. The lowest BCUT2D eigenvalue weighted by atomic mass is 9.94. The van der Waals surface area contributed by atoms with Crippen LogP contribution in [0.4, 0.5) is 5.69 Å². The van der Waals surface area contributed by atoms with Gasteiger partial charge in [-0.2, -0.15) is 0 Å². The molecule has 0 aromatic heterocycles. The van der Waals surface area contributed by atoms with E-state index in [1.165, 1.54) is 0 Å². The van der Waals surface area contributed by atoms with E-state index in [0.717, 1.165) is 43.8 Å². The van der Waals surface area contributed by atoms with E-state index in [0.29, 0.717) is 18.9 Å². The van der Waals surface area contributed by atoms with Gasteiger partial charge in [0.05, 0.1) is 6.61 Å². The Hall–Kier alpha value is -1.55. The van der Waals surface area contributed by atoms with E-state index >= 15 is 0 Å². The topological polar surface area (TPSA) is 50.4 Å². The first kappa shape index (κ1) is 14.9. The lowest BCUT2D eigenvalue weighted by Gasteiger charge is -2.21.